The Bertz CT molecular complexity index is 828. The van der Waals surface area contributed by atoms with Crippen LogP contribution < -0.4 is 21.4 Å². The van der Waals surface area contributed by atoms with E-state index in [-0.39, 0.29) is 22.4 Å². The van der Waals surface area contributed by atoms with Crippen molar-refractivity contribution in [2.75, 3.05) is 24.5 Å². The minimum Gasteiger partial charge on any atom is -0.375 e. The van der Waals surface area contributed by atoms with Crippen LogP contribution in [0.3, 0.4) is 0 Å². The summed E-state index contributed by atoms with van der Waals surface area (Å²) in [6, 6.07) is 12.6. The molecule has 1 atom stereocenters. The van der Waals surface area contributed by atoms with Crippen LogP contribution in [0.2, 0.25) is 0 Å². The van der Waals surface area contributed by atoms with Crippen molar-refractivity contribution >= 4 is 29.2 Å². The quantitative estimate of drug-likeness (QED) is 0.416. The van der Waals surface area contributed by atoms with Crippen molar-refractivity contribution in [3.05, 3.63) is 65.2 Å². The van der Waals surface area contributed by atoms with Crippen molar-refractivity contribution in [2.45, 2.75) is 12.5 Å². The minimum absolute atomic E-state index is 0.0240. The van der Waals surface area contributed by atoms with Crippen molar-refractivity contribution in [2.24, 2.45) is 10.8 Å². The average Bonchev–Trinajstić information content (AvgIpc) is 2.65. The lowest BCUT2D eigenvalue weighted by atomic mass is 10.0. The maximum absolute atomic E-state index is 14.6. The number of thiocarbonyl (C=S) groups is 1. The highest BCUT2D eigenvalue weighted by Crippen LogP contribution is 2.24. The van der Waals surface area contributed by atoms with Crippen molar-refractivity contribution in [3.63, 3.8) is 0 Å². The fraction of sp³-hybridized carbons (Fsp3) is 0.263. The van der Waals surface area contributed by atoms with Gasteiger partial charge in [-0.25, -0.2) is 8.78 Å². The third-order valence-electron chi connectivity index (χ3n) is 4.37. The predicted molar refractivity (Wildman–Crippen MR) is 108 cm³/mol. The molecule has 1 heterocycles. The van der Waals surface area contributed by atoms with Gasteiger partial charge in [0, 0.05) is 37.3 Å². The van der Waals surface area contributed by atoms with Gasteiger partial charge in [-0.2, -0.15) is 5.10 Å². The van der Waals surface area contributed by atoms with E-state index >= 15 is 0 Å². The van der Waals surface area contributed by atoms with Crippen LogP contribution >= 0.6 is 12.2 Å². The van der Waals surface area contributed by atoms with Gasteiger partial charge in [0.2, 0.25) is 0 Å². The van der Waals surface area contributed by atoms with Crippen LogP contribution in [0.4, 0.5) is 14.5 Å². The molecule has 1 aliphatic heterocycles. The minimum atomic E-state index is -0.557. The molecule has 3 rings (SSSR count). The first kappa shape index (κ1) is 19.2. The van der Waals surface area contributed by atoms with Crippen LogP contribution in [0.1, 0.15) is 11.1 Å². The Kier molecular flexibility index (Phi) is 6.31. The number of halogens is 2. The van der Waals surface area contributed by atoms with Gasteiger partial charge in [0.1, 0.15) is 11.6 Å². The van der Waals surface area contributed by atoms with Crippen LogP contribution in [-0.2, 0) is 6.42 Å². The lowest BCUT2D eigenvalue weighted by Crippen LogP contribution is -2.52. The SMILES string of the molecule is NC(=S)NN=Cc1cc(F)c(N2CCNC(Cc3ccccc3)C2)cc1F. The van der Waals surface area contributed by atoms with Crippen LogP contribution in [0.25, 0.3) is 0 Å². The van der Waals surface area contributed by atoms with Crippen LogP contribution in [-0.4, -0.2) is 37.0 Å². The van der Waals surface area contributed by atoms with Gasteiger partial charge in [-0.05, 0) is 30.3 Å². The van der Waals surface area contributed by atoms with Crippen molar-refractivity contribution < 1.29 is 8.78 Å². The summed E-state index contributed by atoms with van der Waals surface area (Å²) in [5.41, 5.74) is 9.05. The van der Waals surface area contributed by atoms with Gasteiger partial charge in [0.05, 0.1) is 11.9 Å². The topological polar surface area (TPSA) is 65.7 Å². The fourth-order valence-electron chi connectivity index (χ4n) is 3.14. The van der Waals surface area contributed by atoms with E-state index in [1.165, 1.54) is 11.6 Å². The van der Waals surface area contributed by atoms with Gasteiger partial charge in [-0.3, -0.25) is 5.43 Å². The Labute approximate surface area is 162 Å². The van der Waals surface area contributed by atoms with Crippen molar-refractivity contribution in [3.8, 4) is 0 Å². The van der Waals surface area contributed by atoms with E-state index in [0.29, 0.717) is 19.6 Å². The van der Waals surface area contributed by atoms with E-state index in [4.69, 9.17) is 5.73 Å². The normalized spacial score (nSPS) is 17.3. The highest BCUT2D eigenvalue weighted by atomic mass is 32.1. The van der Waals surface area contributed by atoms with Crippen LogP contribution in [0.15, 0.2) is 47.6 Å². The number of hydrogen-bond acceptors (Lipinski definition) is 4. The fourth-order valence-corrected chi connectivity index (χ4v) is 3.19. The molecule has 0 spiro atoms. The molecule has 1 unspecified atom stereocenters. The third kappa shape index (κ3) is 5.21. The molecule has 2 aromatic rings. The molecule has 0 radical (unpaired) electrons. The van der Waals surface area contributed by atoms with Gasteiger partial charge < -0.3 is 16.0 Å². The molecular formula is C19H21F2N5S. The van der Waals surface area contributed by atoms with Crippen molar-refractivity contribution in [1.82, 2.24) is 10.7 Å². The van der Waals surface area contributed by atoms with Crippen LogP contribution in [0, 0.1) is 11.6 Å². The first-order chi connectivity index (χ1) is 13.0. The molecule has 8 heteroatoms. The summed E-state index contributed by atoms with van der Waals surface area (Å²) < 4.78 is 29.0. The number of hydrogen-bond donors (Lipinski definition) is 3. The molecule has 5 nitrogen and oxygen atoms in total. The average molecular weight is 389 g/mol. The monoisotopic (exact) mass is 389 g/mol. The number of piperazine rings is 1. The van der Waals surface area contributed by atoms with E-state index in [1.807, 2.05) is 23.1 Å². The van der Waals surface area contributed by atoms with Gasteiger partial charge in [0.15, 0.2) is 5.11 Å². The molecule has 0 amide bonds. The number of anilines is 1. The Morgan fingerprint density at radius 1 is 1.30 bits per heavy atom. The standard InChI is InChI=1S/C19H21F2N5S/c20-16-10-18(17(21)9-14(16)11-24-25-19(22)27)26-7-6-23-15(12-26)8-13-4-2-1-3-5-13/h1-5,9-11,15,23H,6-8,12H2,(H3,22,25,27). The smallest absolute Gasteiger partial charge is 0.184 e. The molecule has 2 aromatic carbocycles. The molecule has 1 aliphatic rings. The molecule has 27 heavy (non-hydrogen) atoms. The Hall–Kier alpha value is -2.58. The second-order valence-electron chi connectivity index (χ2n) is 6.35. The number of nitrogens with two attached hydrogens (primary N) is 1. The van der Waals surface area contributed by atoms with Gasteiger partial charge in [-0.15, -0.1) is 0 Å². The molecule has 0 bridgehead atoms. The summed E-state index contributed by atoms with van der Waals surface area (Å²) in [6.45, 7) is 1.92. The Balaban J connectivity index is 1.72. The summed E-state index contributed by atoms with van der Waals surface area (Å²) >= 11 is 4.61. The lowest BCUT2D eigenvalue weighted by Gasteiger charge is -2.35. The lowest BCUT2D eigenvalue weighted by molar-refractivity contribution is 0.449. The molecule has 1 saturated heterocycles. The zero-order chi connectivity index (χ0) is 19.2. The van der Waals surface area contributed by atoms with Crippen molar-refractivity contribution in [1.29, 1.82) is 0 Å². The largest absolute Gasteiger partial charge is 0.375 e. The van der Waals surface area contributed by atoms with Gasteiger partial charge in [-0.1, -0.05) is 30.3 Å². The molecule has 0 saturated carbocycles. The highest BCUT2D eigenvalue weighted by molar-refractivity contribution is 7.80. The molecule has 0 aromatic heterocycles. The zero-order valence-electron chi connectivity index (χ0n) is 14.7. The predicted octanol–water partition coefficient (Wildman–Crippen LogP) is 2.15. The summed E-state index contributed by atoms with van der Waals surface area (Å²) in [6.07, 6.45) is 1.98. The third-order valence-corrected chi connectivity index (χ3v) is 4.46. The first-order valence-corrected chi connectivity index (χ1v) is 9.03. The van der Waals surface area contributed by atoms with Gasteiger partial charge >= 0.3 is 0 Å². The number of rotatable bonds is 5. The van der Waals surface area contributed by atoms with Crippen LogP contribution in [0.5, 0.6) is 0 Å². The number of benzene rings is 2. The zero-order valence-corrected chi connectivity index (χ0v) is 15.5. The summed E-state index contributed by atoms with van der Waals surface area (Å²) in [5, 5.41) is 7.07. The maximum Gasteiger partial charge on any atom is 0.184 e. The molecule has 1 fully saturated rings. The first-order valence-electron chi connectivity index (χ1n) is 8.62. The van der Waals surface area contributed by atoms with E-state index in [0.717, 1.165) is 18.7 Å². The second-order valence-corrected chi connectivity index (χ2v) is 6.79. The molecular weight excluding hydrogens is 368 g/mol. The number of hydrazone groups is 1. The number of nitrogens with zero attached hydrogens (tertiary/aromatic N) is 2. The summed E-state index contributed by atoms with van der Waals surface area (Å²) in [7, 11) is 0. The summed E-state index contributed by atoms with van der Waals surface area (Å²) in [4.78, 5) is 1.87. The van der Waals surface area contributed by atoms with E-state index in [1.54, 1.807) is 0 Å². The summed E-state index contributed by atoms with van der Waals surface area (Å²) in [5.74, 6) is -1.05. The number of nitrogens with one attached hydrogen (secondary N) is 2. The van der Waals surface area contributed by atoms with E-state index in [9.17, 15) is 8.78 Å². The van der Waals surface area contributed by atoms with E-state index < -0.39 is 11.6 Å². The van der Waals surface area contributed by atoms with E-state index in [2.05, 4.69) is 40.2 Å². The molecule has 142 valence electrons. The highest BCUT2D eigenvalue weighted by Gasteiger charge is 2.23. The Morgan fingerprint density at radius 2 is 2.07 bits per heavy atom. The molecule has 0 aliphatic carbocycles. The Morgan fingerprint density at radius 3 is 2.81 bits per heavy atom. The maximum atomic E-state index is 14.6. The second kappa shape index (κ2) is 8.88. The molecule has 4 N–H and O–H groups in total. The van der Waals surface area contributed by atoms with Gasteiger partial charge in [0.25, 0.3) is 0 Å².